The zero-order valence-electron chi connectivity index (χ0n) is 12.9. The van der Waals surface area contributed by atoms with Gasteiger partial charge < -0.3 is 9.80 Å². The predicted molar refractivity (Wildman–Crippen MR) is 99.3 cm³/mol. The maximum Gasteiger partial charge on any atom is 0.0526 e. The molecule has 22 heavy (non-hydrogen) atoms. The number of rotatable bonds is 6. The molecule has 1 aromatic carbocycles. The van der Waals surface area contributed by atoms with Crippen molar-refractivity contribution in [3.8, 4) is 0 Å². The molecule has 0 fully saturated rings. The van der Waals surface area contributed by atoms with E-state index in [4.69, 9.17) is 0 Å². The molecule has 3 rings (SSSR count). The highest BCUT2D eigenvalue weighted by molar-refractivity contribution is 7.10. The van der Waals surface area contributed by atoms with Crippen LogP contribution in [0.2, 0.25) is 0 Å². The van der Waals surface area contributed by atoms with Gasteiger partial charge in [0.05, 0.1) is 13.1 Å². The third kappa shape index (κ3) is 3.70. The monoisotopic (exact) mass is 328 g/mol. The van der Waals surface area contributed by atoms with Crippen molar-refractivity contribution < 1.29 is 0 Å². The smallest absolute Gasteiger partial charge is 0.0526 e. The minimum Gasteiger partial charge on any atom is -0.378 e. The van der Waals surface area contributed by atoms with E-state index >= 15 is 0 Å². The van der Waals surface area contributed by atoms with E-state index in [2.05, 4.69) is 83.2 Å². The van der Waals surface area contributed by atoms with Crippen LogP contribution in [0, 0.1) is 0 Å². The Bertz CT molecular complexity index is 634. The van der Waals surface area contributed by atoms with E-state index in [1.165, 1.54) is 21.1 Å². The average molecular weight is 329 g/mol. The van der Waals surface area contributed by atoms with Crippen LogP contribution in [-0.2, 0) is 13.1 Å². The summed E-state index contributed by atoms with van der Waals surface area (Å²) in [4.78, 5) is 7.37. The maximum atomic E-state index is 2.44. The van der Waals surface area contributed by atoms with Crippen molar-refractivity contribution in [1.82, 2.24) is 0 Å². The maximum absolute atomic E-state index is 2.44. The summed E-state index contributed by atoms with van der Waals surface area (Å²) in [6.45, 7) is 1.91. The number of anilines is 2. The molecule has 3 aromatic rings. The second-order valence-corrected chi connectivity index (χ2v) is 7.49. The van der Waals surface area contributed by atoms with Gasteiger partial charge in [0.15, 0.2) is 0 Å². The first-order valence-corrected chi connectivity index (χ1v) is 9.05. The fraction of sp³-hybridized carbons (Fsp3) is 0.222. The molecule has 2 aromatic heterocycles. The van der Waals surface area contributed by atoms with Gasteiger partial charge in [0.2, 0.25) is 0 Å². The molecule has 4 heteroatoms. The molecule has 0 aliphatic rings. The second kappa shape index (κ2) is 6.99. The molecule has 0 bridgehead atoms. The molecule has 0 saturated carbocycles. The number of hydrogen-bond acceptors (Lipinski definition) is 4. The highest BCUT2D eigenvalue weighted by Crippen LogP contribution is 2.25. The van der Waals surface area contributed by atoms with Crippen LogP contribution in [0.25, 0.3) is 0 Å². The lowest BCUT2D eigenvalue weighted by atomic mass is 10.2. The van der Waals surface area contributed by atoms with Gasteiger partial charge in [-0.3, -0.25) is 0 Å². The summed E-state index contributed by atoms with van der Waals surface area (Å²) < 4.78 is 0. The first-order valence-electron chi connectivity index (χ1n) is 7.29. The summed E-state index contributed by atoms with van der Waals surface area (Å²) in [5.41, 5.74) is 2.50. The van der Waals surface area contributed by atoms with Crippen LogP contribution < -0.4 is 9.80 Å². The third-order valence-electron chi connectivity index (χ3n) is 3.58. The topological polar surface area (TPSA) is 6.48 Å². The Morgan fingerprint density at radius 2 is 1.23 bits per heavy atom. The van der Waals surface area contributed by atoms with E-state index in [1.54, 1.807) is 0 Å². The molecule has 0 amide bonds. The number of benzene rings is 1. The van der Waals surface area contributed by atoms with E-state index in [0.717, 1.165) is 13.1 Å². The van der Waals surface area contributed by atoms with Crippen LogP contribution in [0.3, 0.4) is 0 Å². The second-order valence-electron chi connectivity index (χ2n) is 5.43. The van der Waals surface area contributed by atoms with E-state index < -0.39 is 0 Å². The number of nitrogens with zero attached hydrogens (tertiary/aromatic N) is 2. The van der Waals surface area contributed by atoms with Gasteiger partial charge in [0.25, 0.3) is 0 Å². The first-order chi connectivity index (χ1) is 10.7. The Morgan fingerprint density at radius 3 is 1.64 bits per heavy atom. The minimum atomic E-state index is 0.955. The van der Waals surface area contributed by atoms with Crippen LogP contribution in [0.15, 0.2) is 59.3 Å². The molecule has 0 saturated heterocycles. The first kappa shape index (κ1) is 15.1. The van der Waals surface area contributed by atoms with E-state index in [9.17, 15) is 0 Å². The van der Waals surface area contributed by atoms with Crippen LogP contribution >= 0.6 is 22.7 Å². The van der Waals surface area contributed by atoms with Gasteiger partial charge in [-0.05, 0) is 47.2 Å². The molecule has 2 nitrogen and oxygen atoms in total. The summed E-state index contributed by atoms with van der Waals surface area (Å²) in [6, 6.07) is 17.5. The van der Waals surface area contributed by atoms with Gasteiger partial charge in [-0.2, -0.15) is 0 Å². The molecule has 0 unspecified atom stereocenters. The van der Waals surface area contributed by atoms with Gasteiger partial charge >= 0.3 is 0 Å². The molecule has 0 radical (unpaired) electrons. The normalized spacial score (nSPS) is 10.6. The summed E-state index contributed by atoms with van der Waals surface area (Å²) in [6.07, 6.45) is 0. The fourth-order valence-electron chi connectivity index (χ4n) is 2.38. The summed E-state index contributed by atoms with van der Waals surface area (Å²) in [5, 5.41) is 4.29. The molecule has 0 N–H and O–H groups in total. The lowest BCUT2D eigenvalue weighted by Gasteiger charge is -2.24. The fourth-order valence-corrected chi connectivity index (χ4v) is 3.82. The Labute approximate surface area is 140 Å². The van der Waals surface area contributed by atoms with Gasteiger partial charge in [-0.25, -0.2) is 0 Å². The Kier molecular flexibility index (Phi) is 4.80. The lowest BCUT2D eigenvalue weighted by molar-refractivity contribution is 0.819. The van der Waals surface area contributed by atoms with Crippen LogP contribution in [0.4, 0.5) is 11.4 Å². The van der Waals surface area contributed by atoms with Crippen LogP contribution in [-0.4, -0.2) is 14.1 Å². The van der Waals surface area contributed by atoms with E-state index in [1.807, 2.05) is 22.7 Å². The lowest BCUT2D eigenvalue weighted by Crippen LogP contribution is -2.21. The Hall–Kier alpha value is -1.78. The van der Waals surface area contributed by atoms with E-state index in [-0.39, 0.29) is 0 Å². The molecule has 114 valence electrons. The number of hydrogen-bond donors (Lipinski definition) is 0. The third-order valence-corrected chi connectivity index (χ3v) is 5.31. The molecule has 0 aliphatic heterocycles. The van der Waals surface area contributed by atoms with E-state index in [0.29, 0.717) is 0 Å². The van der Waals surface area contributed by atoms with Crippen molar-refractivity contribution in [3.05, 3.63) is 69.0 Å². The highest BCUT2D eigenvalue weighted by Gasteiger charge is 2.10. The van der Waals surface area contributed by atoms with Crippen molar-refractivity contribution in [2.24, 2.45) is 0 Å². The predicted octanol–water partition coefficient (Wildman–Crippen LogP) is 5.08. The Morgan fingerprint density at radius 1 is 0.727 bits per heavy atom. The van der Waals surface area contributed by atoms with Crippen molar-refractivity contribution in [1.29, 1.82) is 0 Å². The van der Waals surface area contributed by atoms with Crippen LogP contribution in [0.1, 0.15) is 9.75 Å². The summed E-state index contributed by atoms with van der Waals surface area (Å²) in [7, 11) is 4.15. The number of thiophene rings is 2. The van der Waals surface area contributed by atoms with Crippen molar-refractivity contribution in [2.75, 3.05) is 23.9 Å². The molecule has 0 spiro atoms. The van der Waals surface area contributed by atoms with Gasteiger partial charge in [-0.1, -0.05) is 12.1 Å². The summed E-state index contributed by atoms with van der Waals surface area (Å²) >= 11 is 3.64. The van der Waals surface area contributed by atoms with Crippen molar-refractivity contribution in [3.63, 3.8) is 0 Å². The van der Waals surface area contributed by atoms with Crippen molar-refractivity contribution in [2.45, 2.75) is 13.1 Å². The van der Waals surface area contributed by atoms with Crippen LogP contribution in [0.5, 0.6) is 0 Å². The molecule has 0 aliphatic carbocycles. The molecule has 0 atom stereocenters. The van der Waals surface area contributed by atoms with Crippen molar-refractivity contribution >= 4 is 34.0 Å². The highest BCUT2D eigenvalue weighted by atomic mass is 32.1. The minimum absolute atomic E-state index is 0.955. The van der Waals surface area contributed by atoms with Gasteiger partial charge in [0, 0.05) is 35.2 Å². The average Bonchev–Trinajstić information content (AvgIpc) is 3.20. The van der Waals surface area contributed by atoms with Gasteiger partial charge in [-0.15, -0.1) is 22.7 Å². The largest absolute Gasteiger partial charge is 0.378 e. The molecular weight excluding hydrogens is 308 g/mol. The molecule has 2 heterocycles. The quantitative estimate of drug-likeness (QED) is 0.622. The zero-order valence-corrected chi connectivity index (χ0v) is 14.5. The SMILES string of the molecule is CN(C)c1ccc(N(Cc2cccs2)Cc2cccs2)cc1. The van der Waals surface area contributed by atoms with Gasteiger partial charge in [0.1, 0.15) is 0 Å². The summed E-state index contributed by atoms with van der Waals surface area (Å²) in [5.74, 6) is 0. The standard InChI is InChI=1S/C18H20N2S2/c1-19(2)15-7-9-16(10-8-15)20(13-17-5-3-11-21-17)14-18-6-4-12-22-18/h3-12H,13-14H2,1-2H3. The Balaban J connectivity index is 1.83. The molecular formula is C18H20N2S2. The zero-order chi connectivity index (χ0) is 15.4.